The molecule has 2 N–H and O–H groups in total. The highest BCUT2D eigenvalue weighted by molar-refractivity contribution is 5.96. The molecule has 0 spiro atoms. The van der Waals surface area contributed by atoms with Gasteiger partial charge in [-0.15, -0.1) is 0 Å². The zero-order chi connectivity index (χ0) is 23.0. The van der Waals surface area contributed by atoms with Gasteiger partial charge in [-0.3, -0.25) is 14.4 Å². The Balaban J connectivity index is 1.73. The number of ether oxygens (including phenoxy) is 2. The molecule has 2 aromatic carbocycles. The standard InChI is InChI=1S/C19H15F5N2O5/c20-18(21)31-14-7-5-13(6-8-14)26-15(27)10-30-16(28)9-25-17(29)11-1-3-12(4-2-11)19(22,23)24/h1-8,18H,9-10H2,(H,25,29)(H,26,27). The third-order valence-electron chi connectivity index (χ3n) is 3.60. The minimum atomic E-state index is -4.54. The van der Waals surface area contributed by atoms with E-state index < -0.39 is 49.3 Å². The van der Waals surface area contributed by atoms with Gasteiger partial charge in [0.2, 0.25) is 0 Å². The second-order valence-electron chi connectivity index (χ2n) is 5.87. The number of anilines is 1. The molecule has 31 heavy (non-hydrogen) atoms. The summed E-state index contributed by atoms with van der Waals surface area (Å²) in [6.07, 6.45) is -4.54. The first-order valence-electron chi connectivity index (χ1n) is 8.50. The highest BCUT2D eigenvalue weighted by atomic mass is 19.4. The van der Waals surface area contributed by atoms with Crippen molar-refractivity contribution in [3.63, 3.8) is 0 Å². The molecule has 0 unspecified atom stereocenters. The van der Waals surface area contributed by atoms with E-state index in [0.717, 1.165) is 24.3 Å². The topological polar surface area (TPSA) is 93.7 Å². The van der Waals surface area contributed by atoms with Gasteiger partial charge < -0.3 is 20.1 Å². The van der Waals surface area contributed by atoms with E-state index in [2.05, 4.69) is 20.1 Å². The predicted octanol–water partition coefficient (Wildman–Crippen LogP) is 3.22. The van der Waals surface area contributed by atoms with Crippen LogP contribution in [0.3, 0.4) is 0 Å². The summed E-state index contributed by atoms with van der Waals surface area (Å²) in [5.74, 6) is -2.61. The highest BCUT2D eigenvalue weighted by Gasteiger charge is 2.30. The van der Waals surface area contributed by atoms with Crippen LogP contribution in [-0.2, 0) is 20.5 Å². The van der Waals surface area contributed by atoms with E-state index in [1.54, 1.807) is 0 Å². The molecule has 0 saturated heterocycles. The van der Waals surface area contributed by atoms with Gasteiger partial charge in [-0.05, 0) is 48.5 Å². The molecule has 2 amide bonds. The van der Waals surface area contributed by atoms with Gasteiger partial charge >= 0.3 is 18.8 Å². The van der Waals surface area contributed by atoms with E-state index in [9.17, 15) is 36.3 Å². The van der Waals surface area contributed by atoms with Crippen LogP contribution in [0, 0.1) is 0 Å². The van der Waals surface area contributed by atoms with Crippen molar-refractivity contribution in [1.82, 2.24) is 5.32 Å². The molecular weight excluding hydrogens is 431 g/mol. The number of amides is 2. The van der Waals surface area contributed by atoms with Crippen LogP contribution in [-0.4, -0.2) is 37.5 Å². The minimum absolute atomic E-state index is 0.0992. The molecule has 0 aliphatic rings. The van der Waals surface area contributed by atoms with Crippen molar-refractivity contribution in [3.05, 3.63) is 59.7 Å². The molecule has 0 aliphatic carbocycles. The smallest absolute Gasteiger partial charge is 0.416 e. The number of halogens is 5. The fourth-order valence-electron chi connectivity index (χ4n) is 2.18. The third kappa shape index (κ3) is 7.91. The number of alkyl halides is 5. The number of hydrogen-bond acceptors (Lipinski definition) is 5. The van der Waals surface area contributed by atoms with Crippen LogP contribution >= 0.6 is 0 Å². The quantitative estimate of drug-likeness (QED) is 0.480. The first-order valence-corrected chi connectivity index (χ1v) is 8.50. The summed E-state index contributed by atoms with van der Waals surface area (Å²) in [5.41, 5.74) is -0.790. The van der Waals surface area contributed by atoms with E-state index in [1.807, 2.05) is 0 Å². The lowest BCUT2D eigenvalue weighted by molar-refractivity contribution is -0.146. The first-order chi connectivity index (χ1) is 14.5. The molecule has 12 heteroatoms. The maximum Gasteiger partial charge on any atom is 0.416 e. The van der Waals surface area contributed by atoms with Gasteiger partial charge in [0.1, 0.15) is 12.3 Å². The van der Waals surface area contributed by atoms with Crippen molar-refractivity contribution in [2.24, 2.45) is 0 Å². The molecule has 0 aromatic heterocycles. The molecule has 2 rings (SSSR count). The van der Waals surface area contributed by atoms with Gasteiger partial charge in [0, 0.05) is 11.3 Å². The van der Waals surface area contributed by atoms with Gasteiger partial charge in [0.15, 0.2) is 6.61 Å². The lowest BCUT2D eigenvalue weighted by atomic mass is 10.1. The van der Waals surface area contributed by atoms with Crippen molar-refractivity contribution in [3.8, 4) is 5.75 Å². The van der Waals surface area contributed by atoms with Crippen molar-refractivity contribution >= 4 is 23.5 Å². The maximum atomic E-state index is 12.5. The number of carbonyl (C=O) groups is 3. The fraction of sp³-hybridized carbons (Fsp3) is 0.211. The highest BCUT2D eigenvalue weighted by Crippen LogP contribution is 2.29. The molecule has 0 radical (unpaired) electrons. The maximum absolute atomic E-state index is 12.5. The number of rotatable bonds is 8. The van der Waals surface area contributed by atoms with Crippen LogP contribution in [0.4, 0.5) is 27.6 Å². The molecule has 0 fully saturated rings. The molecule has 7 nitrogen and oxygen atoms in total. The number of nitrogens with one attached hydrogen (secondary N) is 2. The summed E-state index contributed by atoms with van der Waals surface area (Å²) in [7, 11) is 0. The summed E-state index contributed by atoms with van der Waals surface area (Å²) in [4.78, 5) is 35.2. The van der Waals surface area contributed by atoms with Gasteiger partial charge in [-0.25, -0.2) is 0 Å². The van der Waals surface area contributed by atoms with Crippen LogP contribution < -0.4 is 15.4 Å². The summed E-state index contributed by atoms with van der Waals surface area (Å²) in [5, 5.41) is 4.50. The molecule has 0 bridgehead atoms. The van der Waals surface area contributed by atoms with Gasteiger partial charge in [0.05, 0.1) is 5.56 Å². The Bertz CT molecular complexity index is 915. The molecule has 2 aromatic rings. The summed E-state index contributed by atoms with van der Waals surface area (Å²) in [6.45, 7) is -4.29. The van der Waals surface area contributed by atoms with Crippen molar-refractivity contribution in [1.29, 1.82) is 0 Å². The zero-order valence-electron chi connectivity index (χ0n) is 15.5. The average Bonchev–Trinajstić information content (AvgIpc) is 2.71. The van der Waals surface area contributed by atoms with Crippen molar-refractivity contribution in [2.45, 2.75) is 12.8 Å². The Hall–Kier alpha value is -3.70. The Morgan fingerprint density at radius 1 is 0.935 bits per heavy atom. The molecule has 0 atom stereocenters. The monoisotopic (exact) mass is 446 g/mol. The summed E-state index contributed by atoms with van der Waals surface area (Å²) >= 11 is 0. The number of benzene rings is 2. The predicted molar refractivity (Wildman–Crippen MR) is 96.4 cm³/mol. The molecule has 0 saturated carbocycles. The van der Waals surface area contributed by atoms with Crippen molar-refractivity contribution in [2.75, 3.05) is 18.5 Å². The second kappa shape index (κ2) is 10.4. The normalized spacial score (nSPS) is 11.0. The lowest BCUT2D eigenvalue weighted by Gasteiger charge is -2.09. The third-order valence-corrected chi connectivity index (χ3v) is 3.60. The van der Waals surface area contributed by atoms with Crippen molar-refractivity contribution < 1.29 is 45.8 Å². The van der Waals surface area contributed by atoms with Gasteiger partial charge in [0.25, 0.3) is 11.8 Å². The number of hydrogen-bond donors (Lipinski definition) is 2. The first kappa shape index (κ1) is 23.6. The van der Waals surface area contributed by atoms with Crippen LogP contribution in [0.5, 0.6) is 5.75 Å². The van der Waals surface area contributed by atoms with E-state index in [0.29, 0.717) is 0 Å². The number of carbonyl (C=O) groups excluding carboxylic acids is 3. The SMILES string of the molecule is O=C(COC(=O)CNC(=O)c1ccc(C(F)(F)F)cc1)Nc1ccc(OC(F)F)cc1. The zero-order valence-corrected chi connectivity index (χ0v) is 15.5. The van der Waals surface area contributed by atoms with E-state index in [4.69, 9.17) is 0 Å². The summed E-state index contributed by atoms with van der Waals surface area (Å²) < 4.78 is 70.4. The Morgan fingerprint density at radius 3 is 2.10 bits per heavy atom. The van der Waals surface area contributed by atoms with E-state index in [-0.39, 0.29) is 17.0 Å². The average molecular weight is 446 g/mol. The molecule has 166 valence electrons. The largest absolute Gasteiger partial charge is 0.454 e. The van der Waals surface area contributed by atoms with Gasteiger partial charge in [-0.1, -0.05) is 0 Å². The summed E-state index contributed by atoms with van der Waals surface area (Å²) in [6, 6.07) is 8.34. The van der Waals surface area contributed by atoms with Crippen LogP contribution in [0.25, 0.3) is 0 Å². The fourth-order valence-corrected chi connectivity index (χ4v) is 2.18. The molecular formula is C19H15F5N2O5. The second-order valence-corrected chi connectivity index (χ2v) is 5.87. The Morgan fingerprint density at radius 2 is 1.55 bits per heavy atom. The van der Waals surface area contributed by atoms with Gasteiger partial charge in [-0.2, -0.15) is 22.0 Å². The van der Waals surface area contributed by atoms with Crippen LogP contribution in [0.1, 0.15) is 15.9 Å². The molecule has 0 heterocycles. The molecule has 0 aliphatic heterocycles. The van der Waals surface area contributed by atoms with E-state index in [1.165, 1.54) is 24.3 Å². The van der Waals surface area contributed by atoms with Crippen LogP contribution in [0.15, 0.2) is 48.5 Å². The number of esters is 1. The lowest BCUT2D eigenvalue weighted by Crippen LogP contribution is -2.32. The Kier molecular flexibility index (Phi) is 7.88. The van der Waals surface area contributed by atoms with Crippen LogP contribution in [0.2, 0.25) is 0 Å². The minimum Gasteiger partial charge on any atom is -0.454 e. The van der Waals surface area contributed by atoms with E-state index >= 15 is 0 Å². The Labute approximate surface area is 172 Å².